The summed E-state index contributed by atoms with van der Waals surface area (Å²) >= 11 is 0. The van der Waals surface area contributed by atoms with Crippen molar-refractivity contribution in [3.8, 4) is 18.1 Å². The fraction of sp³-hybridized carbons (Fsp3) is 0.250. The van der Waals surface area contributed by atoms with E-state index in [0.29, 0.717) is 11.3 Å². The molecule has 0 bridgehead atoms. The minimum atomic E-state index is -1.02. The molecule has 0 aliphatic rings. The minimum Gasteiger partial charge on any atom is -0.490 e. The van der Waals surface area contributed by atoms with Crippen molar-refractivity contribution in [1.82, 2.24) is 0 Å². The van der Waals surface area contributed by atoms with Crippen molar-refractivity contribution >= 4 is 5.97 Å². The van der Waals surface area contributed by atoms with Crippen LogP contribution in [0.15, 0.2) is 18.2 Å². The second-order valence-corrected chi connectivity index (χ2v) is 3.33. The lowest BCUT2D eigenvalue weighted by atomic mass is 10.1. The van der Waals surface area contributed by atoms with Crippen LogP contribution in [0.3, 0.4) is 0 Å². The molecule has 0 heterocycles. The van der Waals surface area contributed by atoms with Gasteiger partial charge in [0.15, 0.2) is 0 Å². The van der Waals surface area contributed by atoms with Crippen molar-refractivity contribution < 1.29 is 14.6 Å². The molecule has 1 aromatic carbocycles. The Morgan fingerprint density at radius 2 is 2.20 bits per heavy atom. The topological polar surface area (TPSA) is 46.5 Å². The van der Waals surface area contributed by atoms with E-state index in [-0.39, 0.29) is 11.7 Å². The highest BCUT2D eigenvalue weighted by Crippen LogP contribution is 2.21. The summed E-state index contributed by atoms with van der Waals surface area (Å²) in [5.41, 5.74) is 0.735. The van der Waals surface area contributed by atoms with Gasteiger partial charge in [-0.2, -0.15) is 0 Å². The van der Waals surface area contributed by atoms with E-state index in [0.717, 1.165) is 0 Å². The monoisotopic (exact) mass is 204 g/mol. The number of carboxylic acid groups (broad SMARTS) is 1. The van der Waals surface area contributed by atoms with Crippen molar-refractivity contribution in [3.05, 3.63) is 29.3 Å². The number of ether oxygens (including phenoxy) is 1. The molecule has 0 radical (unpaired) electrons. The summed E-state index contributed by atoms with van der Waals surface area (Å²) in [7, 11) is 0. The molecule has 0 atom stereocenters. The highest BCUT2D eigenvalue weighted by molar-refractivity contribution is 5.91. The maximum absolute atomic E-state index is 10.9. The van der Waals surface area contributed by atoms with Crippen LogP contribution in [0.1, 0.15) is 29.8 Å². The molecule has 0 saturated carbocycles. The Morgan fingerprint density at radius 3 is 2.67 bits per heavy atom. The van der Waals surface area contributed by atoms with Crippen molar-refractivity contribution in [3.63, 3.8) is 0 Å². The van der Waals surface area contributed by atoms with Gasteiger partial charge < -0.3 is 9.84 Å². The zero-order valence-corrected chi connectivity index (χ0v) is 8.65. The van der Waals surface area contributed by atoms with Gasteiger partial charge in [0.1, 0.15) is 11.3 Å². The maximum Gasteiger partial charge on any atom is 0.339 e. The third kappa shape index (κ3) is 2.75. The van der Waals surface area contributed by atoms with Crippen molar-refractivity contribution in [2.24, 2.45) is 0 Å². The fourth-order valence-electron chi connectivity index (χ4n) is 1.14. The van der Waals surface area contributed by atoms with E-state index < -0.39 is 5.97 Å². The van der Waals surface area contributed by atoms with E-state index >= 15 is 0 Å². The average Bonchev–Trinajstić information content (AvgIpc) is 2.16. The predicted molar refractivity (Wildman–Crippen MR) is 57.1 cm³/mol. The molecule has 0 aliphatic carbocycles. The first-order chi connectivity index (χ1) is 7.04. The van der Waals surface area contributed by atoms with Crippen LogP contribution in [0.25, 0.3) is 0 Å². The molecule has 3 heteroatoms. The first-order valence-electron chi connectivity index (χ1n) is 4.55. The zero-order chi connectivity index (χ0) is 11.4. The first-order valence-corrected chi connectivity index (χ1v) is 4.55. The number of hydrogen-bond acceptors (Lipinski definition) is 2. The van der Waals surface area contributed by atoms with E-state index in [4.69, 9.17) is 16.3 Å². The van der Waals surface area contributed by atoms with Gasteiger partial charge >= 0.3 is 5.97 Å². The number of carbonyl (C=O) groups is 1. The van der Waals surface area contributed by atoms with Gasteiger partial charge in [0.25, 0.3) is 0 Å². The van der Waals surface area contributed by atoms with Crippen LogP contribution in [0.2, 0.25) is 0 Å². The molecule has 0 amide bonds. The average molecular weight is 204 g/mol. The number of terminal acetylenes is 1. The van der Waals surface area contributed by atoms with E-state index in [9.17, 15) is 4.79 Å². The maximum atomic E-state index is 10.9. The number of benzene rings is 1. The van der Waals surface area contributed by atoms with Crippen molar-refractivity contribution in [2.75, 3.05) is 0 Å². The Hall–Kier alpha value is -1.95. The van der Waals surface area contributed by atoms with E-state index in [1.54, 1.807) is 12.1 Å². The quantitative estimate of drug-likeness (QED) is 0.767. The predicted octanol–water partition coefficient (Wildman–Crippen LogP) is 2.15. The smallest absolute Gasteiger partial charge is 0.339 e. The third-order valence-corrected chi connectivity index (χ3v) is 1.74. The molecule has 1 aromatic rings. The van der Waals surface area contributed by atoms with Crippen molar-refractivity contribution in [2.45, 2.75) is 20.0 Å². The van der Waals surface area contributed by atoms with Crippen molar-refractivity contribution in [1.29, 1.82) is 0 Å². The molecule has 3 nitrogen and oxygen atoms in total. The van der Waals surface area contributed by atoms with Gasteiger partial charge in [0.05, 0.1) is 6.10 Å². The van der Waals surface area contributed by atoms with Gasteiger partial charge in [-0.25, -0.2) is 4.79 Å². The second kappa shape index (κ2) is 4.52. The molecule has 0 unspecified atom stereocenters. The molecule has 0 aliphatic heterocycles. The molecule has 15 heavy (non-hydrogen) atoms. The lowest BCUT2D eigenvalue weighted by Crippen LogP contribution is -2.10. The molecule has 0 spiro atoms. The van der Waals surface area contributed by atoms with Crippen LogP contribution >= 0.6 is 0 Å². The van der Waals surface area contributed by atoms with Crippen LogP contribution in [-0.4, -0.2) is 17.2 Å². The molecule has 0 fully saturated rings. The second-order valence-electron chi connectivity index (χ2n) is 3.33. The molecule has 1 rings (SSSR count). The lowest BCUT2D eigenvalue weighted by Gasteiger charge is -2.12. The number of aromatic carboxylic acids is 1. The SMILES string of the molecule is C#Cc1ccc(C(=O)O)c(OC(C)C)c1. The van der Waals surface area contributed by atoms with E-state index in [1.165, 1.54) is 6.07 Å². The summed E-state index contributed by atoms with van der Waals surface area (Å²) in [6.07, 6.45) is 5.14. The largest absolute Gasteiger partial charge is 0.490 e. The molecular weight excluding hydrogens is 192 g/mol. The van der Waals surface area contributed by atoms with Gasteiger partial charge in [-0.3, -0.25) is 0 Å². The normalized spacial score (nSPS) is 9.73. The minimum absolute atomic E-state index is 0.0869. The Morgan fingerprint density at radius 1 is 1.53 bits per heavy atom. The van der Waals surface area contributed by atoms with E-state index in [1.807, 2.05) is 13.8 Å². The van der Waals surface area contributed by atoms with Crippen LogP contribution in [-0.2, 0) is 0 Å². The summed E-state index contributed by atoms with van der Waals surface area (Å²) in [6.45, 7) is 3.66. The van der Waals surface area contributed by atoms with Gasteiger partial charge in [0, 0.05) is 5.56 Å². The van der Waals surface area contributed by atoms with Gasteiger partial charge in [-0.1, -0.05) is 5.92 Å². The standard InChI is InChI=1S/C12H12O3/c1-4-9-5-6-10(12(13)14)11(7-9)15-8(2)3/h1,5-8H,2-3H3,(H,13,14). The molecule has 0 aromatic heterocycles. The van der Waals surface area contributed by atoms with E-state index in [2.05, 4.69) is 5.92 Å². The molecule has 0 saturated heterocycles. The number of hydrogen-bond donors (Lipinski definition) is 1. The number of rotatable bonds is 3. The molecular formula is C12H12O3. The molecule has 78 valence electrons. The van der Waals surface area contributed by atoms with Gasteiger partial charge in [-0.15, -0.1) is 6.42 Å². The summed E-state index contributed by atoms with van der Waals surface area (Å²) in [5, 5.41) is 8.91. The van der Waals surface area contributed by atoms with Crippen LogP contribution < -0.4 is 4.74 Å². The lowest BCUT2D eigenvalue weighted by molar-refractivity contribution is 0.0690. The summed E-state index contributed by atoms with van der Waals surface area (Å²) in [5.74, 6) is 1.73. The highest BCUT2D eigenvalue weighted by Gasteiger charge is 2.12. The summed E-state index contributed by atoms with van der Waals surface area (Å²) in [4.78, 5) is 10.9. The highest BCUT2D eigenvalue weighted by atomic mass is 16.5. The van der Waals surface area contributed by atoms with Gasteiger partial charge in [0.2, 0.25) is 0 Å². The Labute approximate surface area is 88.7 Å². The fourth-order valence-corrected chi connectivity index (χ4v) is 1.14. The summed E-state index contributed by atoms with van der Waals surface area (Å²) in [6, 6.07) is 4.59. The van der Waals surface area contributed by atoms with Gasteiger partial charge in [-0.05, 0) is 32.0 Å². The van der Waals surface area contributed by atoms with Crippen LogP contribution in [0.5, 0.6) is 5.75 Å². The molecule has 1 N–H and O–H groups in total. The Balaban J connectivity index is 3.17. The van der Waals surface area contributed by atoms with Crippen LogP contribution in [0, 0.1) is 12.3 Å². The first kappa shape index (κ1) is 11.1. The third-order valence-electron chi connectivity index (χ3n) is 1.74. The number of carboxylic acids is 1. The van der Waals surface area contributed by atoms with Crippen LogP contribution in [0.4, 0.5) is 0 Å². The zero-order valence-electron chi connectivity index (χ0n) is 8.65. The Bertz CT molecular complexity index is 413. The Kier molecular flexibility index (Phi) is 3.35. The summed E-state index contributed by atoms with van der Waals surface area (Å²) < 4.78 is 5.37.